The van der Waals surface area contributed by atoms with Crippen molar-refractivity contribution in [3.8, 4) is 0 Å². The molecule has 0 spiro atoms. The van der Waals surface area contributed by atoms with E-state index in [-0.39, 0.29) is 6.04 Å². The largest absolute Gasteiger partial charge is 0.346 e. The molecule has 6 heteroatoms. The molecule has 0 radical (unpaired) electrons. The highest BCUT2D eigenvalue weighted by Crippen LogP contribution is 2.24. The SMILES string of the molecule is CC(C)N1CCN(C(CN)c2[nH]cnc2Cl)CC1. The summed E-state index contributed by atoms with van der Waals surface area (Å²) in [6.45, 7) is 9.25. The van der Waals surface area contributed by atoms with Crippen LogP contribution in [-0.2, 0) is 0 Å². The lowest BCUT2D eigenvalue weighted by Crippen LogP contribution is -2.51. The highest BCUT2D eigenvalue weighted by atomic mass is 35.5. The molecule has 0 amide bonds. The standard InChI is InChI=1S/C12H22ClN5/c1-9(2)17-3-5-18(6-4-17)10(7-14)11-12(13)16-8-15-11/h8-10H,3-7,14H2,1-2H3,(H,15,16). The maximum atomic E-state index is 6.08. The number of imidazole rings is 1. The Kier molecular flexibility index (Phi) is 4.61. The third-order valence-corrected chi connectivity index (χ3v) is 4.00. The number of rotatable bonds is 4. The van der Waals surface area contributed by atoms with Crippen molar-refractivity contribution in [2.75, 3.05) is 32.7 Å². The van der Waals surface area contributed by atoms with E-state index in [0.29, 0.717) is 17.7 Å². The Morgan fingerprint density at radius 2 is 1.94 bits per heavy atom. The number of hydrogen-bond donors (Lipinski definition) is 2. The van der Waals surface area contributed by atoms with Crippen molar-refractivity contribution in [1.29, 1.82) is 0 Å². The van der Waals surface area contributed by atoms with E-state index >= 15 is 0 Å². The second-order valence-corrected chi connectivity index (χ2v) is 5.38. The van der Waals surface area contributed by atoms with Crippen molar-refractivity contribution in [2.45, 2.75) is 25.9 Å². The summed E-state index contributed by atoms with van der Waals surface area (Å²) in [5, 5.41) is 0.539. The number of aromatic amines is 1. The van der Waals surface area contributed by atoms with Gasteiger partial charge in [-0.3, -0.25) is 9.80 Å². The van der Waals surface area contributed by atoms with Crippen molar-refractivity contribution in [1.82, 2.24) is 19.8 Å². The lowest BCUT2D eigenvalue weighted by molar-refractivity contribution is 0.0791. The summed E-state index contributed by atoms with van der Waals surface area (Å²) in [6, 6.07) is 0.758. The molecule has 0 aromatic carbocycles. The second-order valence-electron chi connectivity index (χ2n) is 5.02. The van der Waals surface area contributed by atoms with Gasteiger partial charge in [0.15, 0.2) is 5.15 Å². The number of hydrogen-bond acceptors (Lipinski definition) is 4. The minimum Gasteiger partial charge on any atom is -0.346 e. The van der Waals surface area contributed by atoms with Gasteiger partial charge in [-0.05, 0) is 13.8 Å². The molecule has 2 heterocycles. The third kappa shape index (κ3) is 2.85. The Labute approximate surface area is 113 Å². The molecule has 3 N–H and O–H groups in total. The number of H-pyrrole nitrogens is 1. The van der Waals surface area contributed by atoms with Crippen LogP contribution in [0.3, 0.4) is 0 Å². The first kappa shape index (κ1) is 13.8. The molecule has 1 unspecified atom stereocenters. The van der Waals surface area contributed by atoms with Crippen molar-refractivity contribution in [2.24, 2.45) is 5.73 Å². The predicted octanol–water partition coefficient (Wildman–Crippen LogP) is 1.09. The summed E-state index contributed by atoms with van der Waals surface area (Å²) in [5.74, 6) is 0. The molecule has 0 aliphatic carbocycles. The minimum atomic E-state index is 0.148. The fourth-order valence-corrected chi connectivity index (χ4v) is 2.77. The van der Waals surface area contributed by atoms with Crippen LogP contribution in [0.15, 0.2) is 6.33 Å². The van der Waals surface area contributed by atoms with Gasteiger partial charge in [-0.25, -0.2) is 4.98 Å². The molecule has 102 valence electrons. The van der Waals surface area contributed by atoms with Crippen molar-refractivity contribution >= 4 is 11.6 Å². The average Bonchev–Trinajstić information content (AvgIpc) is 2.78. The smallest absolute Gasteiger partial charge is 0.151 e. The zero-order chi connectivity index (χ0) is 13.1. The normalized spacial score (nSPS) is 20.5. The van der Waals surface area contributed by atoms with E-state index in [1.165, 1.54) is 0 Å². The molecule has 5 nitrogen and oxygen atoms in total. The van der Waals surface area contributed by atoms with Gasteiger partial charge in [-0.15, -0.1) is 0 Å². The van der Waals surface area contributed by atoms with E-state index in [1.807, 2.05) is 0 Å². The molecule has 0 saturated carbocycles. The molecule has 2 rings (SSSR count). The zero-order valence-electron chi connectivity index (χ0n) is 11.1. The molecule has 1 aromatic rings. The molecule has 1 aromatic heterocycles. The van der Waals surface area contributed by atoms with Crippen molar-refractivity contribution in [3.05, 3.63) is 17.2 Å². The molecule has 1 atom stereocenters. The maximum absolute atomic E-state index is 6.08. The van der Waals surface area contributed by atoms with Crippen molar-refractivity contribution < 1.29 is 0 Å². The molecule has 18 heavy (non-hydrogen) atoms. The monoisotopic (exact) mass is 271 g/mol. The Morgan fingerprint density at radius 3 is 2.39 bits per heavy atom. The lowest BCUT2D eigenvalue weighted by atomic mass is 10.1. The lowest BCUT2D eigenvalue weighted by Gasteiger charge is -2.40. The van der Waals surface area contributed by atoms with Gasteiger partial charge in [-0.2, -0.15) is 0 Å². The van der Waals surface area contributed by atoms with Gasteiger partial charge in [0, 0.05) is 38.8 Å². The van der Waals surface area contributed by atoms with E-state index in [1.54, 1.807) is 6.33 Å². The second kappa shape index (κ2) is 6.02. The van der Waals surface area contributed by atoms with E-state index in [9.17, 15) is 0 Å². The first-order valence-electron chi connectivity index (χ1n) is 6.50. The summed E-state index contributed by atoms with van der Waals surface area (Å²) in [6.07, 6.45) is 1.63. The highest BCUT2D eigenvalue weighted by Gasteiger charge is 2.27. The Hall–Kier alpha value is -0.620. The van der Waals surface area contributed by atoms with Gasteiger partial charge in [0.1, 0.15) is 0 Å². The Morgan fingerprint density at radius 1 is 1.33 bits per heavy atom. The molecular weight excluding hydrogens is 250 g/mol. The number of aromatic nitrogens is 2. The fourth-order valence-electron chi connectivity index (χ4n) is 2.54. The van der Waals surface area contributed by atoms with Gasteiger partial charge in [0.2, 0.25) is 0 Å². The number of piperazine rings is 1. The van der Waals surface area contributed by atoms with Gasteiger partial charge in [0.05, 0.1) is 18.1 Å². The van der Waals surface area contributed by atoms with Crippen LogP contribution in [-0.4, -0.2) is 58.5 Å². The summed E-state index contributed by atoms with van der Waals surface area (Å²) < 4.78 is 0. The van der Waals surface area contributed by atoms with Crippen LogP contribution >= 0.6 is 11.6 Å². The number of nitrogens with one attached hydrogen (secondary N) is 1. The van der Waals surface area contributed by atoms with Crippen LogP contribution in [0.25, 0.3) is 0 Å². The van der Waals surface area contributed by atoms with Gasteiger partial charge >= 0.3 is 0 Å². The molecule has 1 aliphatic heterocycles. The zero-order valence-corrected chi connectivity index (χ0v) is 11.8. The van der Waals surface area contributed by atoms with Crippen LogP contribution in [0.4, 0.5) is 0 Å². The topological polar surface area (TPSA) is 61.2 Å². The van der Waals surface area contributed by atoms with Crippen LogP contribution in [0.5, 0.6) is 0 Å². The number of nitrogens with two attached hydrogens (primary N) is 1. The van der Waals surface area contributed by atoms with Crippen LogP contribution in [0.2, 0.25) is 5.15 Å². The quantitative estimate of drug-likeness (QED) is 0.861. The van der Waals surface area contributed by atoms with Crippen LogP contribution < -0.4 is 5.73 Å². The summed E-state index contributed by atoms with van der Waals surface area (Å²) >= 11 is 6.08. The first-order valence-corrected chi connectivity index (χ1v) is 6.88. The minimum absolute atomic E-state index is 0.148. The van der Waals surface area contributed by atoms with E-state index < -0.39 is 0 Å². The first-order chi connectivity index (χ1) is 8.63. The molecule has 0 bridgehead atoms. The van der Waals surface area contributed by atoms with Gasteiger partial charge in [0.25, 0.3) is 0 Å². The van der Waals surface area contributed by atoms with Gasteiger partial charge in [-0.1, -0.05) is 11.6 Å². The average molecular weight is 272 g/mol. The molecule has 1 aliphatic rings. The Balaban J connectivity index is 2.01. The van der Waals surface area contributed by atoms with E-state index in [4.69, 9.17) is 17.3 Å². The summed E-state index contributed by atoms with van der Waals surface area (Å²) in [5.41, 5.74) is 6.84. The highest BCUT2D eigenvalue weighted by molar-refractivity contribution is 6.30. The number of halogens is 1. The van der Waals surface area contributed by atoms with Crippen LogP contribution in [0, 0.1) is 0 Å². The molecule has 1 saturated heterocycles. The van der Waals surface area contributed by atoms with Crippen LogP contribution in [0.1, 0.15) is 25.6 Å². The summed E-state index contributed by atoms with van der Waals surface area (Å²) in [4.78, 5) is 12.0. The Bertz CT molecular complexity index is 370. The fraction of sp³-hybridized carbons (Fsp3) is 0.750. The van der Waals surface area contributed by atoms with Gasteiger partial charge < -0.3 is 10.7 Å². The van der Waals surface area contributed by atoms with Crippen molar-refractivity contribution in [3.63, 3.8) is 0 Å². The third-order valence-electron chi connectivity index (χ3n) is 3.70. The van der Waals surface area contributed by atoms with E-state index in [0.717, 1.165) is 31.9 Å². The summed E-state index contributed by atoms with van der Waals surface area (Å²) in [7, 11) is 0. The number of nitrogens with zero attached hydrogens (tertiary/aromatic N) is 3. The predicted molar refractivity (Wildman–Crippen MR) is 73.7 cm³/mol. The molecular formula is C12H22ClN5. The van der Waals surface area contributed by atoms with E-state index in [2.05, 4.69) is 33.6 Å². The maximum Gasteiger partial charge on any atom is 0.151 e. The molecule has 1 fully saturated rings.